The van der Waals surface area contributed by atoms with Gasteiger partial charge in [-0.2, -0.15) is 0 Å². The van der Waals surface area contributed by atoms with E-state index in [0.29, 0.717) is 0 Å². The number of hydrogen-bond acceptors (Lipinski definition) is 5. The zero-order valence-electron chi connectivity index (χ0n) is 6.50. The van der Waals surface area contributed by atoms with Gasteiger partial charge in [-0.15, -0.1) is 0 Å². The van der Waals surface area contributed by atoms with Crippen LogP contribution in [0.5, 0.6) is 0 Å². The van der Waals surface area contributed by atoms with Crippen molar-refractivity contribution in [2.24, 2.45) is 10.7 Å². The Labute approximate surface area is 69.6 Å². The van der Waals surface area contributed by atoms with E-state index in [9.17, 15) is 4.79 Å². The lowest BCUT2D eigenvalue weighted by molar-refractivity contribution is -0.123. The lowest BCUT2D eigenvalue weighted by Crippen LogP contribution is -2.65. The molecule has 0 bridgehead atoms. The number of nitrogens with one attached hydrogen (secondary N) is 3. The van der Waals surface area contributed by atoms with Crippen LogP contribution in [-0.2, 0) is 4.79 Å². The van der Waals surface area contributed by atoms with Gasteiger partial charge < -0.3 is 11.1 Å². The van der Waals surface area contributed by atoms with Crippen molar-refractivity contribution in [1.82, 2.24) is 16.0 Å². The SMILES string of the molecule is NC1=NC2NCCNC2C(=O)N1. The molecular weight excluding hydrogens is 158 g/mol. The summed E-state index contributed by atoms with van der Waals surface area (Å²) >= 11 is 0. The topological polar surface area (TPSA) is 91.5 Å². The maximum atomic E-state index is 11.3. The maximum absolute atomic E-state index is 11.3. The van der Waals surface area contributed by atoms with Crippen molar-refractivity contribution in [1.29, 1.82) is 0 Å². The molecular formula is C6H11N5O. The van der Waals surface area contributed by atoms with Gasteiger partial charge >= 0.3 is 0 Å². The minimum absolute atomic E-state index is 0.111. The van der Waals surface area contributed by atoms with Crippen LogP contribution in [0.3, 0.4) is 0 Å². The minimum atomic E-state index is -0.272. The monoisotopic (exact) mass is 169 g/mol. The molecule has 0 aliphatic carbocycles. The van der Waals surface area contributed by atoms with Crippen LogP contribution in [0.15, 0.2) is 4.99 Å². The molecule has 6 heteroatoms. The molecule has 1 amide bonds. The summed E-state index contributed by atoms with van der Waals surface area (Å²) in [7, 11) is 0. The van der Waals surface area contributed by atoms with Gasteiger partial charge in [0.25, 0.3) is 0 Å². The number of fused-ring (bicyclic) bond motifs is 1. The Balaban J connectivity index is 2.19. The molecule has 6 nitrogen and oxygen atoms in total. The zero-order chi connectivity index (χ0) is 8.55. The van der Waals surface area contributed by atoms with Crippen LogP contribution in [-0.4, -0.2) is 37.2 Å². The quantitative estimate of drug-likeness (QED) is 0.318. The summed E-state index contributed by atoms with van der Waals surface area (Å²) in [6.07, 6.45) is -0.201. The molecule has 2 aliphatic rings. The lowest BCUT2D eigenvalue weighted by atomic mass is 10.1. The first-order valence-corrected chi connectivity index (χ1v) is 3.88. The number of carbonyl (C=O) groups excluding carboxylic acids is 1. The molecule has 0 saturated carbocycles. The highest BCUT2D eigenvalue weighted by atomic mass is 16.2. The molecule has 2 heterocycles. The van der Waals surface area contributed by atoms with Gasteiger partial charge in [0.2, 0.25) is 5.91 Å². The number of nitrogens with two attached hydrogens (primary N) is 1. The molecule has 0 aromatic carbocycles. The number of amides is 1. The van der Waals surface area contributed by atoms with Crippen molar-refractivity contribution in [2.75, 3.05) is 13.1 Å². The smallest absolute Gasteiger partial charge is 0.247 e. The van der Waals surface area contributed by atoms with Gasteiger partial charge in [0.1, 0.15) is 12.2 Å². The molecule has 2 unspecified atom stereocenters. The molecule has 12 heavy (non-hydrogen) atoms. The molecule has 2 rings (SSSR count). The molecule has 0 spiro atoms. The van der Waals surface area contributed by atoms with Crippen LogP contribution in [0.2, 0.25) is 0 Å². The summed E-state index contributed by atoms with van der Waals surface area (Å²) in [5.41, 5.74) is 5.38. The van der Waals surface area contributed by atoms with Crippen molar-refractivity contribution in [3.05, 3.63) is 0 Å². The Morgan fingerprint density at radius 2 is 2.17 bits per heavy atom. The third-order valence-corrected chi connectivity index (χ3v) is 1.97. The number of piperazine rings is 1. The zero-order valence-corrected chi connectivity index (χ0v) is 6.50. The van der Waals surface area contributed by atoms with E-state index in [2.05, 4.69) is 20.9 Å². The van der Waals surface area contributed by atoms with E-state index < -0.39 is 0 Å². The highest BCUT2D eigenvalue weighted by Crippen LogP contribution is 2.03. The number of carbonyl (C=O) groups is 1. The van der Waals surface area contributed by atoms with Crippen LogP contribution in [0.25, 0.3) is 0 Å². The summed E-state index contributed by atoms with van der Waals surface area (Å²) in [4.78, 5) is 15.3. The lowest BCUT2D eigenvalue weighted by Gasteiger charge is -2.32. The largest absolute Gasteiger partial charge is 0.370 e. The highest BCUT2D eigenvalue weighted by molar-refractivity contribution is 6.01. The second kappa shape index (κ2) is 2.72. The molecule has 0 aromatic heterocycles. The number of rotatable bonds is 0. The Kier molecular flexibility index (Phi) is 1.70. The maximum Gasteiger partial charge on any atom is 0.247 e. The van der Waals surface area contributed by atoms with Crippen molar-refractivity contribution in [3.8, 4) is 0 Å². The van der Waals surface area contributed by atoms with Crippen LogP contribution in [0.1, 0.15) is 0 Å². The first kappa shape index (κ1) is 7.51. The fraction of sp³-hybridized carbons (Fsp3) is 0.667. The predicted molar refractivity (Wildman–Crippen MR) is 43.3 cm³/mol. The third-order valence-electron chi connectivity index (χ3n) is 1.97. The van der Waals surface area contributed by atoms with Crippen LogP contribution >= 0.6 is 0 Å². The van der Waals surface area contributed by atoms with Crippen LogP contribution in [0.4, 0.5) is 0 Å². The Morgan fingerprint density at radius 1 is 1.42 bits per heavy atom. The predicted octanol–water partition coefficient (Wildman–Crippen LogP) is -2.68. The average Bonchev–Trinajstić information content (AvgIpc) is 2.04. The van der Waals surface area contributed by atoms with Gasteiger partial charge in [0, 0.05) is 13.1 Å². The van der Waals surface area contributed by atoms with E-state index in [4.69, 9.17) is 5.73 Å². The number of guanidine groups is 1. The first-order chi connectivity index (χ1) is 5.77. The van der Waals surface area contributed by atoms with Crippen molar-refractivity contribution < 1.29 is 4.79 Å². The fourth-order valence-electron chi connectivity index (χ4n) is 1.42. The Morgan fingerprint density at radius 3 is 3.00 bits per heavy atom. The standard InChI is InChI=1S/C6H11N5O/c7-6-10-4-3(5(12)11-6)8-1-2-9-4/h3-4,8-9H,1-2H2,(H3,7,10,11,12). The molecule has 5 N–H and O–H groups in total. The van der Waals surface area contributed by atoms with E-state index >= 15 is 0 Å². The first-order valence-electron chi connectivity index (χ1n) is 3.88. The number of nitrogens with zero attached hydrogens (tertiary/aromatic N) is 1. The summed E-state index contributed by atoms with van der Waals surface area (Å²) in [5, 5.41) is 8.61. The normalized spacial score (nSPS) is 35.0. The van der Waals surface area contributed by atoms with Crippen LogP contribution < -0.4 is 21.7 Å². The molecule has 2 aliphatic heterocycles. The van der Waals surface area contributed by atoms with Crippen molar-refractivity contribution >= 4 is 11.9 Å². The summed E-state index contributed by atoms with van der Waals surface area (Å²) in [5.74, 6) is 0.0807. The van der Waals surface area contributed by atoms with Gasteiger partial charge in [-0.05, 0) is 0 Å². The van der Waals surface area contributed by atoms with E-state index in [1.54, 1.807) is 0 Å². The van der Waals surface area contributed by atoms with Crippen molar-refractivity contribution in [2.45, 2.75) is 12.2 Å². The molecule has 66 valence electrons. The van der Waals surface area contributed by atoms with E-state index in [1.165, 1.54) is 0 Å². The third kappa shape index (κ3) is 1.15. The van der Waals surface area contributed by atoms with E-state index in [0.717, 1.165) is 13.1 Å². The second-order valence-electron chi connectivity index (χ2n) is 2.83. The van der Waals surface area contributed by atoms with Crippen molar-refractivity contribution in [3.63, 3.8) is 0 Å². The number of aliphatic imine (C=N–C) groups is 1. The molecule has 2 atom stereocenters. The van der Waals surface area contributed by atoms with E-state index in [-0.39, 0.29) is 24.1 Å². The van der Waals surface area contributed by atoms with Gasteiger partial charge in [0.15, 0.2) is 5.96 Å². The van der Waals surface area contributed by atoms with E-state index in [1.807, 2.05) is 0 Å². The molecule has 1 saturated heterocycles. The molecule has 0 aromatic rings. The Hall–Kier alpha value is -1.14. The molecule has 0 radical (unpaired) electrons. The van der Waals surface area contributed by atoms with Gasteiger partial charge in [-0.1, -0.05) is 0 Å². The average molecular weight is 169 g/mol. The van der Waals surface area contributed by atoms with Gasteiger partial charge in [-0.25, -0.2) is 4.99 Å². The Bertz CT molecular complexity index is 238. The van der Waals surface area contributed by atoms with Crippen LogP contribution in [0, 0.1) is 0 Å². The van der Waals surface area contributed by atoms with Gasteiger partial charge in [0.05, 0.1) is 0 Å². The highest BCUT2D eigenvalue weighted by Gasteiger charge is 2.33. The summed E-state index contributed by atoms with van der Waals surface area (Å²) < 4.78 is 0. The fourth-order valence-corrected chi connectivity index (χ4v) is 1.42. The summed E-state index contributed by atoms with van der Waals surface area (Å²) in [6, 6.07) is -0.272. The number of hydrogen-bond donors (Lipinski definition) is 4. The molecule has 1 fully saturated rings. The minimum Gasteiger partial charge on any atom is -0.370 e. The second-order valence-corrected chi connectivity index (χ2v) is 2.83. The van der Waals surface area contributed by atoms with Gasteiger partial charge in [-0.3, -0.25) is 15.4 Å². The summed E-state index contributed by atoms with van der Waals surface area (Å²) in [6.45, 7) is 1.59.